The van der Waals surface area contributed by atoms with Gasteiger partial charge in [-0.05, 0) is 54.6 Å². The Balaban J connectivity index is 1.53. The van der Waals surface area contributed by atoms with Crippen molar-refractivity contribution in [3.8, 4) is 11.1 Å². The summed E-state index contributed by atoms with van der Waals surface area (Å²) in [6.45, 7) is 5.96. The minimum Gasteiger partial charge on any atom is -0.480 e. The van der Waals surface area contributed by atoms with Crippen molar-refractivity contribution < 1.29 is 9.90 Å². The number of aryl methyl sites for hydroxylation is 1. The van der Waals surface area contributed by atoms with Crippen molar-refractivity contribution in [2.45, 2.75) is 45.3 Å². The number of carboxylic acids is 1. The fourth-order valence-electron chi connectivity index (χ4n) is 3.73. The van der Waals surface area contributed by atoms with Crippen LogP contribution in [0.25, 0.3) is 11.1 Å². The molecule has 1 saturated carbocycles. The lowest BCUT2D eigenvalue weighted by atomic mass is 9.85. The van der Waals surface area contributed by atoms with Crippen LogP contribution in [-0.4, -0.2) is 41.1 Å². The Labute approximate surface area is 155 Å². The highest BCUT2D eigenvalue weighted by Crippen LogP contribution is 2.27. The van der Waals surface area contributed by atoms with Crippen LogP contribution < -0.4 is 5.32 Å². The van der Waals surface area contributed by atoms with Gasteiger partial charge in [-0.2, -0.15) is 0 Å². The average molecular weight is 352 g/mol. The number of likely N-dealkylation sites (N-methyl/N-ethyl adjacent to an activating group) is 1. The lowest BCUT2D eigenvalue weighted by molar-refractivity contribution is -0.139. The standard InChI is InChI=1S/C22H28N2O2/c1-3-24(15-22(25)26)20-12-19(13-20)23-14-17-8-6-9-18(11-17)21-10-5-4-7-16(21)2/h4-11,19-20,23H,3,12-15H2,1-2H3,(H,25,26). The van der Waals surface area contributed by atoms with E-state index in [1.54, 1.807) is 0 Å². The molecular formula is C22H28N2O2. The first kappa shape index (κ1) is 18.6. The van der Waals surface area contributed by atoms with Crippen LogP contribution in [0.3, 0.4) is 0 Å². The molecular weight excluding hydrogens is 324 g/mol. The zero-order chi connectivity index (χ0) is 18.5. The lowest BCUT2D eigenvalue weighted by Gasteiger charge is -2.42. The van der Waals surface area contributed by atoms with Crippen molar-refractivity contribution in [2.75, 3.05) is 13.1 Å². The third-order valence-corrected chi connectivity index (χ3v) is 5.35. The molecule has 2 aromatic rings. The normalized spacial score (nSPS) is 19.3. The molecule has 0 aliphatic heterocycles. The van der Waals surface area contributed by atoms with Gasteiger partial charge < -0.3 is 10.4 Å². The number of carbonyl (C=O) groups is 1. The van der Waals surface area contributed by atoms with Gasteiger partial charge in [-0.3, -0.25) is 9.69 Å². The van der Waals surface area contributed by atoms with Gasteiger partial charge >= 0.3 is 5.97 Å². The molecule has 0 unspecified atom stereocenters. The Hall–Kier alpha value is -2.17. The molecule has 1 fully saturated rings. The maximum absolute atomic E-state index is 10.9. The smallest absolute Gasteiger partial charge is 0.317 e. The van der Waals surface area contributed by atoms with Crippen molar-refractivity contribution in [3.05, 3.63) is 59.7 Å². The van der Waals surface area contributed by atoms with Gasteiger partial charge in [-0.15, -0.1) is 0 Å². The highest BCUT2D eigenvalue weighted by molar-refractivity contribution is 5.69. The van der Waals surface area contributed by atoms with Crippen molar-refractivity contribution >= 4 is 5.97 Å². The van der Waals surface area contributed by atoms with Crippen LogP contribution in [0.2, 0.25) is 0 Å². The van der Waals surface area contributed by atoms with E-state index in [9.17, 15) is 4.79 Å². The molecule has 26 heavy (non-hydrogen) atoms. The maximum atomic E-state index is 10.9. The predicted octanol–water partition coefficient (Wildman–Crippen LogP) is 3.69. The van der Waals surface area contributed by atoms with Crippen LogP contribution in [0.1, 0.15) is 30.9 Å². The van der Waals surface area contributed by atoms with Gasteiger partial charge in [0.15, 0.2) is 0 Å². The fourth-order valence-corrected chi connectivity index (χ4v) is 3.73. The van der Waals surface area contributed by atoms with E-state index in [4.69, 9.17) is 5.11 Å². The molecule has 1 aliphatic rings. The molecule has 138 valence electrons. The largest absolute Gasteiger partial charge is 0.480 e. The maximum Gasteiger partial charge on any atom is 0.317 e. The summed E-state index contributed by atoms with van der Waals surface area (Å²) in [7, 11) is 0. The molecule has 0 aromatic heterocycles. The van der Waals surface area contributed by atoms with Crippen LogP contribution in [0.5, 0.6) is 0 Å². The SMILES string of the molecule is CCN(CC(=O)O)C1CC(NCc2cccc(-c3ccccc3C)c2)C1. The molecule has 0 heterocycles. The number of aliphatic carboxylic acids is 1. The van der Waals surface area contributed by atoms with E-state index >= 15 is 0 Å². The van der Waals surface area contributed by atoms with E-state index in [0.717, 1.165) is 25.9 Å². The third kappa shape index (κ3) is 4.51. The minimum atomic E-state index is -0.740. The topological polar surface area (TPSA) is 52.6 Å². The Morgan fingerprint density at radius 2 is 1.96 bits per heavy atom. The summed E-state index contributed by atoms with van der Waals surface area (Å²) < 4.78 is 0. The van der Waals surface area contributed by atoms with Gasteiger partial charge in [0, 0.05) is 18.6 Å². The summed E-state index contributed by atoms with van der Waals surface area (Å²) in [4.78, 5) is 13.0. The van der Waals surface area contributed by atoms with Gasteiger partial charge in [0.2, 0.25) is 0 Å². The van der Waals surface area contributed by atoms with E-state index in [0.29, 0.717) is 12.1 Å². The highest BCUT2D eigenvalue weighted by Gasteiger charge is 2.33. The zero-order valence-electron chi connectivity index (χ0n) is 15.6. The lowest BCUT2D eigenvalue weighted by Crippen LogP contribution is -2.53. The summed E-state index contributed by atoms with van der Waals surface area (Å²) >= 11 is 0. The molecule has 1 aliphatic carbocycles. The Kier molecular flexibility index (Phi) is 6.07. The van der Waals surface area contributed by atoms with Gasteiger partial charge in [-0.25, -0.2) is 0 Å². The number of nitrogens with one attached hydrogen (secondary N) is 1. The predicted molar refractivity (Wildman–Crippen MR) is 105 cm³/mol. The van der Waals surface area contributed by atoms with Crippen LogP contribution in [0, 0.1) is 6.92 Å². The summed E-state index contributed by atoms with van der Waals surface area (Å²) in [6.07, 6.45) is 2.05. The van der Waals surface area contributed by atoms with E-state index in [1.807, 2.05) is 6.92 Å². The molecule has 0 bridgehead atoms. The van der Waals surface area contributed by atoms with Gasteiger partial charge in [0.05, 0.1) is 6.54 Å². The number of hydrogen-bond donors (Lipinski definition) is 2. The Morgan fingerprint density at radius 3 is 2.65 bits per heavy atom. The second-order valence-electron chi connectivity index (χ2n) is 7.18. The second-order valence-corrected chi connectivity index (χ2v) is 7.18. The molecule has 0 amide bonds. The van der Waals surface area contributed by atoms with E-state index in [-0.39, 0.29) is 6.54 Å². The number of rotatable bonds is 8. The molecule has 4 nitrogen and oxygen atoms in total. The average Bonchev–Trinajstić information content (AvgIpc) is 2.59. The summed E-state index contributed by atoms with van der Waals surface area (Å²) in [5, 5.41) is 12.6. The van der Waals surface area contributed by atoms with Gasteiger partial charge in [0.1, 0.15) is 0 Å². The van der Waals surface area contributed by atoms with E-state index < -0.39 is 5.97 Å². The van der Waals surface area contributed by atoms with Crippen LogP contribution >= 0.6 is 0 Å². The summed E-state index contributed by atoms with van der Waals surface area (Å²) in [6, 6.07) is 18.0. The monoisotopic (exact) mass is 352 g/mol. The number of hydrogen-bond acceptors (Lipinski definition) is 3. The van der Waals surface area contributed by atoms with E-state index in [1.165, 1.54) is 22.3 Å². The Morgan fingerprint density at radius 1 is 1.19 bits per heavy atom. The number of carboxylic acid groups (broad SMARTS) is 1. The molecule has 0 saturated heterocycles. The third-order valence-electron chi connectivity index (χ3n) is 5.35. The Bertz CT molecular complexity index is 753. The van der Waals surface area contributed by atoms with Crippen molar-refractivity contribution in [2.24, 2.45) is 0 Å². The van der Waals surface area contributed by atoms with Crippen LogP contribution in [0.15, 0.2) is 48.5 Å². The van der Waals surface area contributed by atoms with Gasteiger partial charge in [-0.1, -0.05) is 49.4 Å². The fraction of sp³-hybridized carbons (Fsp3) is 0.409. The number of benzene rings is 2. The van der Waals surface area contributed by atoms with Crippen LogP contribution in [0.4, 0.5) is 0 Å². The van der Waals surface area contributed by atoms with Crippen LogP contribution in [-0.2, 0) is 11.3 Å². The molecule has 2 aromatic carbocycles. The molecule has 4 heteroatoms. The summed E-state index contributed by atoms with van der Waals surface area (Å²) in [5.74, 6) is -0.740. The molecule has 0 spiro atoms. The minimum absolute atomic E-state index is 0.145. The zero-order valence-corrected chi connectivity index (χ0v) is 15.6. The summed E-state index contributed by atoms with van der Waals surface area (Å²) in [5.41, 5.74) is 5.11. The first-order chi connectivity index (χ1) is 12.6. The molecule has 3 rings (SSSR count). The van der Waals surface area contributed by atoms with Crippen molar-refractivity contribution in [3.63, 3.8) is 0 Å². The molecule has 0 radical (unpaired) electrons. The highest BCUT2D eigenvalue weighted by atomic mass is 16.4. The first-order valence-electron chi connectivity index (χ1n) is 9.41. The number of nitrogens with zero attached hydrogens (tertiary/aromatic N) is 1. The molecule has 2 N–H and O–H groups in total. The quantitative estimate of drug-likeness (QED) is 0.761. The molecule has 0 atom stereocenters. The second kappa shape index (κ2) is 8.47. The first-order valence-corrected chi connectivity index (χ1v) is 9.41. The van der Waals surface area contributed by atoms with Crippen molar-refractivity contribution in [1.29, 1.82) is 0 Å². The van der Waals surface area contributed by atoms with E-state index in [2.05, 4.69) is 65.7 Å². The van der Waals surface area contributed by atoms with Crippen molar-refractivity contribution in [1.82, 2.24) is 10.2 Å². The van der Waals surface area contributed by atoms with Gasteiger partial charge in [0.25, 0.3) is 0 Å².